The maximum absolute atomic E-state index is 3.15. The summed E-state index contributed by atoms with van der Waals surface area (Å²) in [5, 5.41) is 6.70. The summed E-state index contributed by atoms with van der Waals surface area (Å²) in [6.07, 6.45) is 0. The summed E-state index contributed by atoms with van der Waals surface area (Å²) < 4.78 is 1.35. The van der Waals surface area contributed by atoms with E-state index in [1.54, 1.807) is 11.3 Å². The molecule has 1 heterocycles. The highest BCUT2D eigenvalue weighted by Gasteiger charge is 2.06. The summed E-state index contributed by atoms with van der Waals surface area (Å²) in [5.41, 5.74) is 1.31. The molecular formula is C11H14N2S. The molecule has 0 atom stereocenters. The molecule has 1 aromatic heterocycles. The minimum atomic E-state index is 0.876. The van der Waals surface area contributed by atoms with Gasteiger partial charge in [-0.3, -0.25) is 0 Å². The van der Waals surface area contributed by atoms with E-state index in [1.807, 2.05) is 7.05 Å². The lowest BCUT2D eigenvalue weighted by Gasteiger charge is -2.17. The molecule has 0 saturated heterocycles. The fourth-order valence-corrected chi connectivity index (χ4v) is 2.58. The van der Waals surface area contributed by atoms with Crippen molar-refractivity contribution in [3.63, 3.8) is 0 Å². The van der Waals surface area contributed by atoms with Crippen LogP contribution in [0.25, 0.3) is 10.1 Å². The molecule has 0 fully saturated rings. The Morgan fingerprint density at radius 2 is 2.14 bits per heavy atom. The van der Waals surface area contributed by atoms with Crippen LogP contribution in [0.2, 0.25) is 0 Å². The van der Waals surface area contributed by atoms with Gasteiger partial charge in [-0.15, -0.1) is 11.3 Å². The van der Waals surface area contributed by atoms with E-state index in [2.05, 4.69) is 46.9 Å². The smallest absolute Gasteiger partial charge is 0.0676 e. The van der Waals surface area contributed by atoms with Gasteiger partial charge in [0.25, 0.3) is 0 Å². The monoisotopic (exact) mass is 206 g/mol. The molecule has 2 nitrogen and oxygen atoms in total. The Morgan fingerprint density at radius 3 is 2.93 bits per heavy atom. The van der Waals surface area contributed by atoms with Crippen molar-refractivity contribution in [2.45, 2.75) is 0 Å². The van der Waals surface area contributed by atoms with E-state index in [9.17, 15) is 0 Å². The van der Waals surface area contributed by atoms with Crippen molar-refractivity contribution in [1.29, 1.82) is 0 Å². The summed E-state index contributed by atoms with van der Waals surface area (Å²) >= 11 is 1.80. The van der Waals surface area contributed by atoms with Crippen molar-refractivity contribution in [2.24, 2.45) is 0 Å². The second-order valence-corrected chi connectivity index (χ2v) is 4.24. The Morgan fingerprint density at radius 1 is 1.36 bits per heavy atom. The van der Waals surface area contributed by atoms with Gasteiger partial charge in [-0.2, -0.15) is 0 Å². The predicted octanol–water partition coefficient (Wildman–Crippen LogP) is 2.51. The number of thiophene rings is 1. The highest BCUT2D eigenvalue weighted by atomic mass is 32.1. The molecule has 0 spiro atoms. The van der Waals surface area contributed by atoms with E-state index < -0.39 is 0 Å². The number of hydrogen-bond acceptors (Lipinski definition) is 3. The third kappa shape index (κ3) is 1.61. The fourth-order valence-electron chi connectivity index (χ4n) is 1.58. The maximum Gasteiger partial charge on any atom is 0.0676 e. The molecule has 0 amide bonds. The van der Waals surface area contributed by atoms with Crippen molar-refractivity contribution in [2.75, 3.05) is 25.7 Å². The zero-order valence-corrected chi connectivity index (χ0v) is 9.27. The normalized spacial score (nSPS) is 10.7. The zero-order chi connectivity index (χ0) is 9.97. The molecule has 74 valence electrons. The largest absolute Gasteiger partial charge is 0.361 e. The first-order chi connectivity index (χ1) is 6.83. The lowest BCUT2D eigenvalue weighted by Crippen LogP contribution is -2.27. The minimum Gasteiger partial charge on any atom is -0.361 e. The number of rotatable bonds is 3. The molecule has 3 heteroatoms. The molecule has 2 aromatic rings. The highest BCUT2D eigenvalue weighted by molar-refractivity contribution is 7.17. The first-order valence-corrected chi connectivity index (χ1v) is 5.53. The molecule has 0 bridgehead atoms. The van der Waals surface area contributed by atoms with E-state index >= 15 is 0 Å². The quantitative estimate of drug-likeness (QED) is 0.776. The number of nitrogens with zero attached hydrogens (tertiary/aromatic N) is 1. The first-order valence-electron chi connectivity index (χ1n) is 4.65. The van der Waals surface area contributed by atoms with Gasteiger partial charge in [0, 0.05) is 22.5 Å². The van der Waals surface area contributed by atoms with Crippen LogP contribution in [0.3, 0.4) is 0 Å². The summed E-state index contributed by atoms with van der Waals surface area (Å²) in [6.45, 7) is 0.876. The van der Waals surface area contributed by atoms with E-state index in [4.69, 9.17) is 0 Å². The van der Waals surface area contributed by atoms with E-state index in [0.29, 0.717) is 0 Å². The molecule has 0 aliphatic rings. The standard InChI is InChI=1S/C11H14N2S/c1-12-8-13(2)10-7-14-11-6-4-3-5-9(10)11/h3-7,12H,8H2,1-2H3. The van der Waals surface area contributed by atoms with Crippen LogP contribution in [0.5, 0.6) is 0 Å². The Bertz CT molecular complexity index is 422. The van der Waals surface area contributed by atoms with E-state index in [1.165, 1.54) is 15.8 Å². The maximum atomic E-state index is 3.15. The number of hydrogen-bond donors (Lipinski definition) is 1. The average Bonchev–Trinajstić information content (AvgIpc) is 2.61. The Labute approximate surface area is 88.2 Å². The van der Waals surface area contributed by atoms with E-state index in [0.717, 1.165) is 6.67 Å². The van der Waals surface area contributed by atoms with Gasteiger partial charge in [0.15, 0.2) is 0 Å². The number of benzene rings is 1. The van der Waals surface area contributed by atoms with Crippen molar-refractivity contribution in [3.05, 3.63) is 29.6 Å². The lowest BCUT2D eigenvalue weighted by atomic mass is 10.2. The first kappa shape index (κ1) is 9.49. The molecule has 0 saturated carbocycles. The molecule has 0 aliphatic heterocycles. The van der Waals surface area contributed by atoms with Gasteiger partial charge < -0.3 is 10.2 Å². The van der Waals surface area contributed by atoms with E-state index in [-0.39, 0.29) is 0 Å². The summed E-state index contributed by atoms with van der Waals surface area (Å²) in [5.74, 6) is 0. The predicted molar refractivity (Wildman–Crippen MR) is 64.2 cm³/mol. The molecule has 14 heavy (non-hydrogen) atoms. The van der Waals surface area contributed by atoms with Crippen LogP contribution in [0.15, 0.2) is 29.6 Å². The van der Waals surface area contributed by atoms with Gasteiger partial charge in [0.1, 0.15) is 0 Å². The van der Waals surface area contributed by atoms with Gasteiger partial charge in [0.05, 0.1) is 12.4 Å². The van der Waals surface area contributed by atoms with Gasteiger partial charge in [0.2, 0.25) is 0 Å². The summed E-state index contributed by atoms with van der Waals surface area (Å²) in [4.78, 5) is 2.22. The highest BCUT2D eigenvalue weighted by Crippen LogP contribution is 2.31. The minimum absolute atomic E-state index is 0.876. The lowest BCUT2D eigenvalue weighted by molar-refractivity contribution is 0.779. The average molecular weight is 206 g/mol. The Hall–Kier alpha value is -1.06. The number of fused-ring (bicyclic) bond motifs is 1. The third-order valence-electron chi connectivity index (χ3n) is 2.27. The molecular weight excluding hydrogens is 192 g/mol. The fraction of sp³-hybridized carbons (Fsp3) is 0.273. The summed E-state index contributed by atoms with van der Waals surface area (Å²) in [6, 6.07) is 8.51. The second kappa shape index (κ2) is 3.98. The zero-order valence-electron chi connectivity index (χ0n) is 8.45. The van der Waals surface area contributed by atoms with Crippen LogP contribution in [-0.2, 0) is 0 Å². The van der Waals surface area contributed by atoms with Crippen LogP contribution in [0, 0.1) is 0 Å². The Balaban J connectivity index is 2.42. The number of anilines is 1. The van der Waals surface area contributed by atoms with Crippen LogP contribution in [0.4, 0.5) is 5.69 Å². The van der Waals surface area contributed by atoms with Gasteiger partial charge >= 0.3 is 0 Å². The number of nitrogens with one attached hydrogen (secondary N) is 1. The van der Waals surface area contributed by atoms with Crippen LogP contribution in [-0.4, -0.2) is 20.8 Å². The molecule has 0 radical (unpaired) electrons. The SMILES string of the molecule is CNCN(C)c1csc2ccccc12. The van der Waals surface area contributed by atoms with Crippen molar-refractivity contribution < 1.29 is 0 Å². The van der Waals surface area contributed by atoms with Crippen molar-refractivity contribution >= 4 is 27.1 Å². The molecule has 1 aromatic carbocycles. The molecule has 0 aliphatic carbocycles. The molecule has 2 rings (SSSR count). The van der Waals surface area contributed by atoms with Crippen LogP contribution >= 0.6 is 11.3 Å². The topological polar surface area (TPSA) is 15.3 Å². The molecule has 0 unspecified atom stereocenters. The van der Waals surface area contributed by atoms with Crippen molar-refractivity contribution in [1.82, 2.24) is 5.32 Å². The van der Waals surface area contributed by atoms with Crippen LogP contribution < -0.4 is 10.2 Å². The van der Waals surface area contributed by atoms with Crippen molar-refractivity contribution in [3.8, 4) is 0 Å². The third-order valence-corrected chi connectivity index (χ3v) is 3.22. The second-order valence-electron chi connectivity index (χ2n) is 3.33. The van der Waals surface area contributed by atoms with Gasteiger partial charge in [-0.1, -0.05) is 18.2 Å². The Kier molecular flexibility index (Phi) is 2.70. The molecule has 1 N–H and O–H groups in total. The van der Waals surface area contributed by atoms with Crippen LogP contribution in [0.1, 0.15) is 0 Å². The summed E-state index contributed by atoms with van der Waals surface area (Å²) in [7, 11) is 4.07. The van der Waals surface area contributed by atoms with Gasteiger partial charge in [-0.05, 0) is 13.1 Å². The van der Waals surface area contributed by atoms with Gasteiger partial charge in [-0.25, -0.2) is 0 Å².